The molecule has 0 aromatic heterocycles. The monoisotopic (exact) mass is 198 g/mol. The fourth-order valence-electron chi connectivity index (χ4n) is 1.29. The normalized spacial score (nSPS) is 13.4. The predicted octanol–water partition coefficient (Wildman–Crippen LogP) is 3.34. The van der Waals surface area contributed by atoms with Crippen molar-refractivity contribution in [1.29, 1.82) is 0 Å². The van der Waals surface area contributed by atoms with Crippen molar-refractivity contribution < 1.29 is 5.11 Å². The Morgan fingerprint density at radius 3 is 2.46 bits per heavy atom. The molecule has 1 unspecified atom stereocenters. The Morgan fingerprint density at radius 2 is 1.92 bits per heavy atom. The molecular weight excluding hydrogens is 184 g/mol. The van der Waals surface area contributed by atoms with Crippen molar-refractivity contribution >= 4 is 11.6 Å². The Kier molecular flexibility index (Phi) is 3.34. The Bertz CT molecular complexity index is 294. The molecule has 0 fully saturated rings. The largest absolute Gasteiger partial charge is 0.388 e. The van der Waals surface area contributed by atoms with Gasteiger partial charge in [-0.3, -0.25) is 0 Å². The average molecular weight is 199 g/mol. The van der Waals surface area contributed by atoms with Gasteiger partial charge in [-0.2, -0.15) is 0 Å². The Hall–Kier alpha value is -0.530. The third-order valence-corrected chi connectivity index (χ3v) is 2.43. The number of hydrogen-bond donors (Lipinski definition) is 1. The lowest BCUT2D eigenvalue weighted by Crippen LogP contribution is -2.06. The number of hydrogen-bond acceptors (Lipinski definition) is 1. The zero-order valence-electron chi connectivity index (χ0n) is 8.21. The molecule has 1 aromatic rings. The fourth-order valence-corrected chi connectivity index (χ4v) is 1.47. The molecule has 2 heteroatoms. The molecule has 0 saturated carbocycles. The zero-order valence-corrected chi connectivity index (χ0v) is 8.97. The van der Waals surface area contributed by atoms with Gasteiger partial charge in [-0.25, -0.2) is 0 Å². The van der Waals surface area contributed by atoms with Crippen molar-refractivity contribution in [3.63, 3.8) is 0 Å². The first-order chi connectivity index (χ1) is 6.02. The lowest BCUT2D eigenvalue weighted by molar-refractivity contribution is 0.126. The van der Waals surface area contributed by atoms with Gasteiger partial charge in [0.1, 0.15) is 0 Å². The van der Waals surface area contributed by atoms with Crippen molar-refractivity contribution in [3.05, 3.63) is 34.3 Å². The molecular formula is C11H15ClO. The summed E-state index contributed by atoms with van der Waals surface area (Å²) in [7, 11) is 0. The van der Waals surface area contributed by atoms with Crippen molar-refractivity contribution in [2.24, 2.45) is 5.92 Å². The van der Waals surface area contributed by atoms with Crippen LogP contribution in [0.4, 0.5) is 0 Å². The maximum Gasteiger partial charge on any atom is 0.0815 e. The van der Waals surface area contributed by atoms with Crippen LogP contribution in [0.25, 0.3) is 0 Å². The third-order valence-electron chi connectivity index (χ3n) is 2.19. The summed E-state index contributed by atoms with van der Waals surface area (Å²) in [6, 6.07) is 5.61. The first-order valence-electron chi connectivity index (χ1n) is 4.46. The zero-order chi connectivity index (χ0) is 10.0. The summed E-state index contributed by atoms with van der Waals surface area (Å²) in [6.07, 6.45) is -0.418. The maximum atomic E-state index is 9.84. The van der Waals surface area contributed by atoms with E-state index in [-0.39, 0.29) is 5.92 Å². The van der Waals surface area contributed by atoms with Crippen LogP contribution in [0, 0.1) is 12.8 Å². The minimum absolute atomic E-state index is 0.220. The molecule has 1 aromatic carbocycles. The Balaban J connectivity index is 3.05. The fraction of sp³-hybridized carbons (Fsp3) is 0.455. The van der Waals surface area contributed by atoms with E-state index < -0.39 is 6.10 Å². The first kappa shape index (κ1) is 10.6. The van der Waals surface area contributed by atoms with Crippen LogP contribution in [0.3, 0.4) is 0 Å². The molecule has 0 bridgehead atoms. The summed E-state index contributed by atoms with van der Waals surface area (Å²) >= 11 is 5.85. The summed E-state index contributed by atoms with van der Waals surface area (Å²) in [5.41, 5.74) is 2.02. The van der Waals surface area contributed by atoms with Crippen molar-refractivity contribution in [3.8, 4) is 0 Å². The molecule has 13 heavy (non-hydrogen) atoms. The van der Waals surface area contributed by atoms with E-state index in [2.05, 4.69) is 0 Å². The number of aliphatic hydroxyl groups excluding tert-OH is 1. The average Bonchev–Trinajstić information content (AvgIpc) is 2.08. The summed E-state index contributed by atoms with van der Waals surface area (Å²) in [5, 5.41) is 10.5. The number of aliphatic hydroxyl groups is 1. The van der Waals surface area contributed by atoms with E-state index >= 15 is 0 Å². The molecule has 0 amide bonds. The van der Waals surface area contributed by atoms with E-state index in [0.717, 1.165) is 11.1 Å². The number of aryl methyl sites for hydroxylation is 1. The minimum Gasteiger partial charge on any atom is -0.388 e. The van der Waals surface area contributed by atoms with E-state index in [1.165, 1.54) is 0 Å². The highest BCUT2D eigenvalue weighted by atomic mass is 35.5. The summed E-state index contributed by atoms with van der Waals surface area (Å²) in [6.45, 7) is 5.97. The van der Waals surface area contributed by atoms with Gasteiger partial charge in [-0.05, 0) is 36.1 Å². The first-order valence-corrected chi connectivity index (χ1v) is 4.84. The SMILES string of the molecule is Cc1ccc(Cl)cc1C(O)C(C)C. The quantitative estimate of drug-likeness (QED) is 0.773. The Labute approximate surface area is 84.4 Å². The van der Waals surface area contributed by atoms with E-state index in [0.29, 0.717) is 5.02 Å². The van der Waals surface area contributed by atoms with Gasteiger partial charge in [0.2, 0.25) is 0 Å². The molecule has 1 atom stereocenters. The second-order valence-electron chi connectivity index (χ2n) is 3.69. The minimum atomic E-state index is -0.418. The second kappa shape index (κ2) is 4.12. The van der Waals surface area contributed by atoms with Gasteiger partial charge in [0, 0.05) is 5.02 Å². The molecule has 1 rings (SSSR count). The molecule has 0 spiro atoms. The lowest BCUT2D eigenvalue weighted by Gasteiger charge is -2.17. The van der Waals surface area contributed by atoms with Gasteiger partial charge in [0.05, 0.1) is 6.10 Å². The van der Waals surface area contributed by atoms with Crippen LogP contribution >= 0.6 is 11.6 Å². The highest BCUT2D eigenvalue weighted by molar-refractivity contribution is 6.30. The molecule has 0 radical (unpaired) electrons. The smallest absolute Gasteiger partial charge is 0.0815 e. The molecule has 0 saturated heterocycles. The van der Waals surface area contributed by atoms with E-state index in [9.17, 15) is 5.11 Å². The standard InChI is InChI=1S/C11H15ClO/c1-7(2)11(13)10-6-9(12)5-4-8(10)3/h4-7,11,13H,1-3H3. The van der Waals surface area contributed by atoms with Crippen LogP contribution in [0.2, 0.25) is 5.02 Å². The molecule has 1 N–H and O–H groups in total. The summed E-state index contributed by atoms with van der Waals surface area (Å²) in [5.74, 6) is 0.220. The molecule has 0 heterocycles. The van der Waals surface area contributed by atoms with Crippen LogP contribution in [-0.2, 0) is 0 Å². The molecule has 0 aliphatic carbocycles. The van der Waals surface area contributed by atoms with Gasteiger partial charge in [-0.15, -0.1) is 0 Å². The van der Waals surface area contributed by atoms with Gasteiger partial charge < -0.3 is 5.11 Å². The maximum absolute atomic E-state index is 9.84. The van der Waals surface area contributed by atoms with Crippen LogP contribution in [-0.4, -0.2) is 5.11 Å². The van der Waals surface area contributed by atoms with Crippen LogP contribution in [0.1, 0.15) is 31.1 Å². The number of halogens is 1. The van der Waals surface area contributed by atoms with Crippen molar-refractivity contribution in [1.82, 2.24) is 0 Å². The van der Waals surface area contributed by atoms with Crippen LogP contribution < -0.4 is 0 Å². The second-order valence-corrected chi connectivity index (χ2v) is 4.13. The number of benzene rings is 1. The van der Waals surface area contributed by atoms with Crippen LogP contribution in [0.5, 0.6) is 0 Å². The van der Waals surface area contributed by atoms with E-state index in [1.807, 2.05) is 39.0 Å². The molecule has 1 nitrogen and oxygen atoms in total. The topological polar surface area (TPSA) is 20.2 Å². The Morgan fingerprint density at radius 1 is 1.31 bits per heavy atom. The summed E-state index contributed by atoms with van der Waals surface area (Å²) < 4.78 is 0. The van der Waals surface area contributed by atoms with Crippen LogP contribution in [0.15, 0.2) is 18.2 Å². The van der Waals surface area contributed by atoms with E-state index in [1.54, 1.807) is 0 Å². The highest BCUT2D eigenvalue weighted by Gasteiger charge is 2.14. The predicted molar refractivity (Wildman–Crippen MR) is 56.0 cm³/mol. The van der Waals surface area contributed by atoms with Gasteiger partial charge in [0.25, 0.3) is 0 Å². The van der Waals surface area contributed by atoms with Crippen molar-refractivity contribution in [2.45, 2.75) is 26.9 Å². The van der Waals surface area contributed by atoms with Gasteiger partial charge >= 0.3 is 0 Å². The lowest BCUT2D eigenvalue weighted by atomic mass is 9.95. The summed E-state index contributed by atoms with van der Waals surface area (Å²) in [4.78, 5) is 0. The number of rotatable bonds is 2. The van der Waals surface area contributed by atoms with Gasteiger partial charge in [0.15, 0.2) is 0 Å². The molecule has 0 aliphatic rings. The van der Waals surface area contributed by atoms with Gasteiger partial charge in [-0.1, -0.05) is 31.5 Å². The highest BCUT2D eigenvalue weighted by Crippen LogP contribution is 2.26. The third kappa shape index (κ3) is 2.45. The molecule has 72 valence electrons. The van der Waals surface area contributed by atoms with Crippen molar-refractivity contribution in [2.75, 3.05) is 0 Å². The van der Waals surface area contributed by atoms with E-state index in [4.69, 9.17) is 11.6 Å². The molecule has 0 aliphatic heterocycles.